The van der Waals surface area contributed by atoms with Crippen LogP contribution in [0.5, 0.6) is 0 Å². The molecule has 1 nitrogen and oxygen atoms in total. The largest absolute Gasteiger partial charge is 0.388 e. The smallest absolute Gasteiger partial charge is 0.0815 e. The van der Waals surface area contributed by atoms with Gasteiger partial charge in [-0.05, 0) is 67.8 Å². The third kappa shape index (κ3) is 2.31. The van der Waals surface area contributed by atoms with E-state index in [-0.39, 0.29) is 6.10 Å². The van der Waals surface area contributed by atoms with Crippen molar-refractivity contribution in [3.05, 3.63) is 54.6 Å². The van der Waals surface area contributed by atoms with E-state index in [2.05, 4.69) is 56.1 Å². The standard InChI is InChI=1S/C14H12Br2OS/c15-13-7-11(14(16)18-13)12(17)6-9-5-8-3-1-2-4-10(8)9/h1-4,7,9,12,17H,5-6H2. The lowest BCUT2D eigenvalue weighted by molar-refractivity contribution is 0.153. The number of rotatable bonds is 3. The predicted molar refractivity (Wildman–Crippen MR) is 82.2 cm³/mol. The van der Waals surface area contributed by atoms with Gasteiger partial charge in [0.15, 0.2) is 0 Å². The monoisotopic (exact) mass is 386 g/mol. The topological polar surface area (TPSA) is 20.2 Å². The molecule has 1 aromatic heterocycles. The third-order valence-corrected chi connectivity index (χ3v) is 5.90. The Morgan fingerprint density at radius 3 is 2.78 bits per heavy atom. The molecule has 0 fully saturated rings. The fourth-order valence-electron chi connectivity index (χ4n) is 2.55. The molecule has 2 atom stereocenters. The molecule has 0 saturated heterocycles. The zero-order chi connectivity index (χ0) is 12.7. The number of hydrogen-bond donors (Lipinski definition) is 1. The van der Waals surface area contributed by atoms with Crippen LogP contribution in [0.4, 0.5) is 0 Å². The van der Waals surface area contributed by atoms with Crippen LogP contribution in [0, 0.1) is 0 Å². The van der Waals surface area contributed by atoms with Crippen LogP contribution in [-0.2, 0) is 6.42 Å². The van der Waals surface area contributed by atoms with Gasteiger partial charge in [-0.2, -0.15) is 0 Å². The van der Waals surface area contributed by atoms with Gasteiger partial charge >= 0.3 is 0 Å². The lowest BCUT2D eigenvalue weighted by Crippen LogP contribution is -2.19. The summed E-state index contributed by atoms with van der Waals surface area (Å²) in [5.74, 6) is 0.502. The Kier molecular flexibility index (Phi) is 3.63. The number of benzene rings is 1. The number of aliphatic hydroxyl groups excluding tert-OH is 1. The summed E-state index contributed by atoms with van der Waals surface area (Å²) in [6.07, 6.45) is 1.51. The molecule has 1 aliphatic rings. The van der Waals surface area contributed by atoms with E-state index < -0.39 is 0 Å². The third-order valence-electron chi connectivity index (χ3n) is 3.51. The maximum absolute atomic E-state index is 10.3. The van der Waals surface area contributed by atoms with E-state index >= 15 is 0 Å². The molecule has 3 rings (SSSR count). The van der Waals surface area contributed by atoms with Crippen LogP contribution in [-0.4, -0.2) is 5.11 Å². The van der Waals surface area contributed by atoms with Crippen LogP contribution >= 0.6 is 43.2 Å². The van der Waals surface area contributed by atoms with E-state index in [4.69, 9.17) is 0 Å². The van der Waals surface area contributed by atoms with Crippen LogP contribution in [0.3, 0.4) is 0 Å². The lowest BCUT2D eigenvalue weighted by atomic mass is 9.74. The van der Waals surface area contributed by atoms with Crippen LogP contribution in [0.1, 0.15) is 35.1 Å². The second kappa shape index (κ2) is 5.08. The molecule has 0 bridgehead atoms. The summed E-state index contributed by atoms with van der Waals surface area (Å²) in [4.78, 5) is 0. The number of fused-ring (bicyclic) bond motifs is 1. The van der Waals surface area contributed by atoms with E-state index in [1.807, 2.05) is 6.07 Å². The fourth-order valence-corrected chi connectivity index (χ4v) is 5.51. The van der Waals surface area contributed by atoms with Crippen LogP contribution in [0.15, 0.2) is 37.9 Å². The van der Waals surface area contributed by atoms with Crippen LogP contribution in [0.25, 0.3) is 0 Å². The van der Waals surface area contributed by atoms with Gasteiger partial charge in [-0.15, -0.1) is 11.3 Å². The average molecular weight is 388 g/mol. The Balaban J connectivity index is 1.74. The van der Waals surface area contributed by atoms with Gasteiger partial charge in [0.05, 0.1) is 13.7 Å². The molecule has 0 saturated carbocycles. The Labute approximate surface area is 127 Å². The second-order valence-electron chi connectivity index (χ2n) is 4.63. The highest BCUT2D eigenvalue weighted by Gasteiger charge is 2.28. The first-order valence-electron chi connectivity index (χ1n) is 5.85. The van der Waals surface area contributed by atoms with Gasteiger partial charge < -0.3 is 5.11 Å². The summed E-state index contributed by atoms with van der Waals surface area (Å²) in [6.45, 7) is 0. The van der Waals surface area contributed by atoms with Gasteiger partial charge in [-0.3, -0.25) is 0 Å². The Morgan fingerprint density at radius 2 is 2.11 bits per heavy atom. The fraction of sp³-hybridized carbons (Fsp3) is 0.286. The predicted octanol–water partition coefficient (Wildman–Crippen LogP) is 5.04. The van der Waals surface area contributed by atoms with E-state index in [1.54, 1.807) is 11.3 Å². The lowest BCUT2D eigenvalue weighted by Gasteiger charge is -2.31. The van der Waals surface area contributed by atoms with Gasteiger partial charge in [0.25, 0.3) is 0 Å². The molecule has 4 heteroatoms. The van der Waals surface area contributed by atoms with Crippen molar-refractivity contribution >= 4 is 43.2 Å². The summed E-state index contributed by atoms with van der Waals surface area (Å²) in [5, 5.41) is 10.3. The van der Waals surface area contributed by atoms with Crippen molar-refractivity contribution < 1.29 is 5.11 Å². The molecule has 1 aliphatic carbocycles. The molecule has 1 heterocycles. The molecule has 2 unspecified atom stereocenters. The molecule has 0 amide bonds. The summed E-state index contributed by atoms with van der Waals surface area (Å²) >= 11 is 8.57. The summed E-state index contributed by atoms with van der Waals surface area (Å²) in [6, 6.07) is 10.5. The Morgan fingerprint density at radius 1 is 1.33 bits per heavy atom. The molecule has 0 aliphatic heterocycles. The van der Waals surface area contributed by atoms with Crippen molar-refractivity contribution in [3.63, 3.8) is 0 Å². The first-order chi connectivity index (χ1) is 8.65. The number of thiophene rings is 1. The van der Waals surface area contributed by atoms with Crippen molar-refractivity contribution in [1.82, 2.24) is 0 Å². The Hall–Kier alpha value is -0.160. The van der Waals surface area contributed by atoms with Crippen LogP contribution in [0.2, 0.25) is 0 Å². The normalized spacial score (nSPS) is 19.2. The molecule has 0 radical (unpaired) electrons. The first kappa shape index (κ1) is 12.9. The molecule has 1 N–H and O–H groups in total. The van der Waals surface area contributed by atoms with E-state index in [1.165, 1.54) is 11.1 Å². The van der Waals surface area contributed by atoms with E-state index in [0.29, 0.717) is 5.92 Å². The maximum atomic E-state index is 10.3. The second-order valence-corrected chi connectivity index (χ2v) is 8.38. The highest BCUT2D eigenvalue weighted by atomic mass is 79.9. The van der Waals surface area contributed by atoms with Crippen molar-refractivity contribution in [3.8, 4) is 0 Å². The molecular formula is C14H12Br2OS. The molecule has 94 valence electrons. The highest BCUT2D eigenvalue weighted by Crippen LogP contribution is 2.43. The molecule has 0 spiro atoms. The maximum Gasteiger partial charge on any atom is 0.0815 e. The van der Waals surface area contributed by atoms with Gasteiger partial charge in [0.2, 0.25) is 0 Å². The molecule has 1 aromatic carbocycles. The molecule has 2 aromatic rings. The van der Waals surface area contributed by atoms with E-state index in [0.717, 1.165) is 26.0 Å². The van der Waals surface area contributed by atoms with Crippen molar-refractivity contribution in [2.75, 3.05) is 0 Å². The zero-order valence-corrected chi connectivity index (χ0v) is 13.6. The van der Waals surface area contributed by atoms with E-state index in [9.17, 15) is 5.11 Å². The summed E-state index contributed by atoms with van der Waals surface area (Å²) in [5.41, 5.74) is 3.83. The summed E-state index contributed by atoms with van der Waals surface area (Å²) < 4.78 is 2.08. The van der Waals surface area contributed by atoms with Crippen LogP contribution < -0.4 is 0 Å². The zero-order valence-electron chi connectivity index (χ0n) is 9.57. The minimum atomic E-state index is -0.389. The summed E-state index contributed by atoms with van der Waals surface area (Å²) in [7, 11) is 0. The Bertz CT molecular complexity index is 579. The molecular weight excluding hydrogens is 376 g/mol. The van der Waals surface area contributed by atoms with Crippen molar-refractivity contribution in [2.24, 2.45) is 0 Å². The number of halogens is 2. The average Bonchev–Trinajstić information content (AvgIpc) is 2.65. The van der Waals surface area contributed by atoms with Crippen molar-refractivity contribution in [2.45, 2.75) is 24.9 Å². The SMILES string of the molecule is OC(CC1Cc2ccccc21)c1cc(Br)sc1Br. The highest BCUT2D eigenvalue weighted by molar-refractivity contribution is 9.12. The minimum Gasteiger partial charge on any atom is -0.388 e. The van der Waals surface area contributed by atoms with Gasteiger partial charge in [-0.25, -0.2) is 0 Å². The minimum absolute atomic E-state index is 0.389. The van der Waals surface area contributed by atoms with Gasteiger partial charge in [-0.1, -0.05) is 24.3 Å². The van der Waals surface area contributed by atoms with Gasteiger partial charge in [0, 0.05) is 5.56 Å². The van der Waals surface area contributed by atoms with Gasteiger partial charge in [0.1, 0.15) is 0 Å². The molecule has 18 heavy (non-hydrogen) atoms. The number of hydrogen-bond acceptors (Lipinski definition) is 2. The quantitative estimate of drug-likeness (QED) is 0.782. The number of aliphatic hydroxyl groups is 1. The van der Waals surface area contributed by atoms with Crippen molar-refractivity contribution in [1.29, 1.82) is 0 Å². The first-order valence-corrected chi connectivity index (χ1v) is 8.26.